The van der Waals surface area contributed by atoms with Crippen molar-refractivity contribution in [1.82, 2.24) is 9.88 Å². The zero-order valence-corrected chi connectivity index (χ0v) is 16.3. The zero-order valence-electron chi connectivity index (χ0n) is 15.5. The zero-order chi connectivity index (χ0) is 19.1. The van der Waals surface area contributed by atoms with Crippen molar-refractivity contribution in [1.29, 1.82) is 0 Å². The number of rotatable bonds is 8. The van der Waals surface area contributed by atoms with Gasteiger partial charge in [0, 0.05) is 25.1 Å². The number of carbonyl (C=O) groups excluding carboxylic acids is 1. The van der Waals surface area contributed by atoms with Crippen molar-refractivity contribution >= 4 is 17.5 Å². The number of oxazole rings is 1. The molecule has 1 amide bonds. The van der Waals surface area contributed by atoms with Crippen LogP contribution in [-0.4, -0.2) is 49.3 Å². The molecule has 146 valence electrons. The standard InChI is InChI=1S/C20H25ClN2O4/c1-25-10-11-26-14-19(24)23-9-3-2-4-18(23)20-22-13-17(27-20)12-15-5-7-16(21)8-6-15/h5-8,13,18H,2-4,9-12,14H2,1H3. The summed E-state index contributed by atoms with van der Waals surface area (Å²) in [6.45, 7) is 1.64. The van der Waals surface area contributed by atoms with Gasteiger partial charge >= 0.3 is 0 Å². The Labute approximate surface area is 164 Å². The third kappa shape index (κ3) is 5.54. The second-order valence-electron chi connectivity index (χ2n) is 6.61. The van der Waals surface area contributed by atoms with E-state index in [1.165, 1.54) is 0 Å². The molecule has 2 heterocycles. The molecule has 0 saturated carbocycles. The molecule has 0 aliphatic carbocycles. The van der Waals surface area contributed by atoms with E-state index in [-0.39, 0.29) is 18.6 Å². The lowest BCUT2D eigenvalue weighted by Gasteiger charge is -2.33. The number of benzene rings is 1. The summed E-state index contributed by atoms with van der Waals surface area (Å²) in [5.41, 5.74) is 1.10. The fourth-order valence-electron chi connectivity index (χ4n) is 3.23. The molecule has 0 spiro atoms. The van der Waals surface area contributed by atoms with Crippen LogP contribution in [0.3, 0.4) is 0 Å². The maximum absolute atomic E-state index is 12.6. The van der Waals surface area contributed by atoms with Crippen LogP contribution in [-0.2, 0) is 20.7 Å². The van der Waals surface area contributed by atoms with Crippen LogP contribution in [0.5, 0.6) is 0 Å². The number of piperidine rings is 1. The van der Waals surface area contributed by atoms with E-state index in [1.807, 2.05) is 29.2 Å². The summed E-state index contributed by atoms with van der Waals surface area (Å²) in [7, 11) is 1.61. The van der Waals surface area contributed by atoms with Crippen molar-refractivity contribution in [3.8, 4) is 0 Å². The van der Waals surface area contributed by atoms with Crippen LogP contribution >= 0.6 is 11.6 Å². The minimum absolute atomic E-state index is 0.0340. The maximum Gasteiger partial charge on any atom is 0.249 e. The van der Waals surface area contributed by atoms with Gasteiger partial charge in [-0.3, -0.25) is 4.79 Å². The van der Waals surface area contributed by atoms with Crippen LogP contribution in [0, 0.1) is 0 Å². The Morgan fingerprint density at radius 2 is 2.11 bits per heavy atom. The fourth-order valence-corrected chi connectivity index (χ4v) is 3.36. The molecule has 1 aromatic carbocycles. The van der Waals surface area contributed by atoms with Crippen LogP contribution in [0.4, 0.5) is 0 Å². The number of methoxy groups -OCH3 is 1. The van der Waals surface area contributed by atoms with Gasteiger partial charge in [-0.25, -0.2) is 4.98 Å². The van der Waals surface area contributed by atoms with Gasteiger partial charge in [0.15, 0.2) is 0 Å². The molecule has 1 saturated heterocycles. The van der Waals surface area contributed by atoms with Crippen LogP contribution in [0.1, 0.15) is 42.5 Å². The topological polar surface area (TPSA) is 64.8 Å². The fraction of sp³-hybridized carbons (Fsp3) is 0.500. The number of halogens is 1. The predicted molar refractivity (Wildman–Crippen MR) is 102 cm³/mol. The number of nitrogens with zero attached hydrogens (tertiary/aromatic N) is 2. The lowest BCUT2D eigenvalue weighted by atomic mass is 10.0. The molecule has 6 nitrogen and oxygen atoms in total. The molecule has 3 rings (SSSR count). The summed E-state index contributed by atoms with van der Waals surface area (Å²) in [6, 6.07) is 7.53. The first-order valence-electron chi connectivity index (χ1n) is 9.22. The van der Waals surface area contributed by atoms with Crippen molar-refractivity contribution in [3.05, 3.63) is 52.7 Å². The SMILES string of the molecule is COCCOCC(=O)N1CCCCC1c1ncc(Cc2ccc(Cl)cc2)o1. The molecule has 2 aromatic rings. The van der Waals surface area contributed by atoms with Crippen molar-refractivity contribution < 1.29 is 18.7 Å². The van der Waals surface area contributed by atoms with Crippen LogP contribution in [0.25, 0.3) is 0 Å². The summed E-state index contributed by atoms with van der Waals surface area (Å²) in [4.78, 5) is 18.8. The monoisotopic (exact) mass is 392 g/mol. The highest BCUT2D eigenvalue weighted by atomic mass is 35.5. The number of likely N-dealkylation sites (tertiary alicyclic amines) is 1. The van der Waals surface area contributed by atoms with Gasteiger partial charge in [0.25, 0.3) is 0 Å². The third-order valence-corrected chi connectivity index (χ3v) is 4.88. The summed E-state index contributed by atoms with van der Waals surface area (Å²) >= 11 is 5.93. The third-order valence-electron chi connectivity index (χ3n) is 4.63. The number of ether oxygens (including phenoxy) is 2. The first-order chi connectivity index (χ1) is 13.2. The molecular formula is C20H25ClN2O4. The number of aromatic nitrogens is 1. The van der Waals surface area contributed by atoms with Gasteiger partial charge in [-0.2, -0.15) is 0 Å². The molecule has 7 heteroatoms. The Morgan fingerprint density at radius 3 is 2.89 bits per heavy atom. The normalized spacial score (nSPS) is 17.3. The minimum Gasteiger partial charge on any atom is -0.443 e. The van der Waals surface area contributed by atoms with Gasteiger partial charge in [-0.15, -0.1) is 0 Å². The summed E-state index contributed by atoms with van der Waals surface area (Å²) < 4.78 is 16.3. The highest BCUT2D eigenvalue weighted by molar-refractivity contribution is 6.30. The molecular weight excluding hydrogens is 368 g/mol. The minimum atomic E-state index is -0.128. The van der Waals surface area contributed by atoms with Gasteiger partial charge in [0.05, 0.1) is 19.4 Å². The van der Waals surface area contributed by atoms with Gasteiger partial charge in [0.2, 0.25) is 11.8 Å². The van der Waals surface area contributed by atoms with Gasteiger partial charge in [-0.05, 0) is 37.0 Å². The number of hydrogen-bond donors (Lipinski definition) is 0. The molecule has 1 atom stereocenters. The Morgan fingerprint density at radius 1 is 1.30 bits per heavy atom. The Hall–Kier alpha value is -1.89. The number of carbonyl (C=O) groups is 1. The van der Waals surface area contributed by atoms with E-state index < -0.39 is 0 Å². The van der Waals surface area contributed by atoms with Crippen molar-refractivity contribution in [2.24, 2.45) is 0 Å². The molecule has 1 fully saturated rings. The molecule has 1 unspecified atom stereocenters. The number of hydrogen-bond acceptors (Lipinski definition) is 5. The van der Waals surface area contributed by atoms with E-state index in [4.69, 9.17) is 25.5 Å². The van der Waals surface area contributed by atoms with Crippen molar-refractivity contribution in [2.45, 2.75) is 31.7 Å². The Kier molecular flexibility index (Phi) is 7.26. The van der Waals surface area contributed by atoms with E-state index in [1.54, 1.807) is 13.3 Å². The first kappa shape index (κ1) is 19.9. The van der Waals surface area contributed by atoms with E-state index >= 15 is 0 Å². The van der Waals surface area contributed by atoms with Crippen LogP contribution in [0.15, 0.2) is 34.9 Å². The van der Waals surface area contributed by atoms with Crippen molar-refractivity contribution in [2.75, 3.05) is 33.5 Å². The van der Waals surface area contributed by atoms with E-state index in [0.29, 0.717) is 37.1 Å². The molecule has 1 aliphatic heterocycles. The highest BCUT2D eigenvalue weighted by Crippen LogP contribution is 2.31. The maximum atomic E-state index is 12.6. The van der Waals surface area contributed by atoms with Crippen molar-refractivity contribution in [3.63, 3.8) is 0 Å². The van der Waals surface area contributed by atoms with Crippen LogP contribution in [0.2, 0.25) is 5.02 Å². The molecule has 0 radical (unpaired) electrons. The Bertz CT molecular complexity index is 732. The molecule has 1 aliphatic rings. The summed E-state index contributed by atoms with van der Waals surface area (Å²) in [5.74, 6) is 1.35. The van der Waals surface area contributed by atoms with Gasteiger partial charge < -0.3 is 18.8 Å². The summed E-state index contributed by atoms with van der Waals surface area (Å²) in [5, 5.41) is 0.709. The molecule has 27 heavy (non-hydrogen) atoms. The lowest BCUT2D eigenvalue weighted by Crippen LogP contribution is -2.40. The molecule has 0 bridgehead atoms. The average molecular weight is 393 g/mol. The smallest absolute Gasteiger partial charge is 0.249 e. The van der Waals surface area contributed by atoms with Gasteiger partial charge in [0.1, 0.15) is 18.4 Å². The van der Waals surface area contributed by atoms with Crippen LogP contribution < -0.4 is 0 Å². The Balaban J connectivity index is 1.63. The van der Waals surface area contributed by atoms with E-state index in [2.05, 4.69) is 4.98 Å². The first-order valence-corrected chi connectivity index (χ1v) is 9.60. The quantitative estimate of drug-likeness (QED) is 0.642. The van der Waals surface area contributed by atoms with E-state index in [0.717, 1.165) is 30.6 Å². The predicted octanol–water partition coefficient (Wildman–Crippen LogP) is 3.64. The molecule has 0 N–H and O–H groups in total. The number of amides is 1. The largest absolute Gasteiger partial charge is 0.443 e. The summed E-state index contributed by atoms with van der Waals surface area (Å²) in [6.07, 6.45) is 5.28. The lowest BCUT2D eigenvalue weighted by molar-refractivity contribution is -0.141. The molecule has 1 aromatic heterocycles. The average Bonchev–Trinajstić information content (AvgIpc) is 3.15. The second kappa shape index (κ2) is 9.88. The second-order valence-corrected chi connectivity index (χ2v) is 7.05. The highest BCUT2D eigenvalue weighted by Gasteiger charge is 2.31. The van der Waals surface area contributed by atoms with Gasteiger partial charge in [-0.1, -0.05) is 23.7 Å². The van der Waals surface area contributed by atoms with E-state index in [9.17, 15) is 4.79 Å².